The van der Waals surface area contributed by atoms with Crippen LogP contribution in [0.15, 0.2) is 42.5 Å². The van der Waals surface area contributed by atoms with Crippen molar-refractivity contribution in [2.75, 3.05) is 27.2 Å². The number of primary amides is 1. The first-order chi connectivity index (χ1) is 30.6. The molecule has 2 saturated heterocycles. The van der Waals surface area contributed by atoms with Crippen LogP contribution in [0.2, 0.25) is 0 Å². The fraction of sp³-hybridized carbons (Fsp3) is 0.489. The molecule has 2 aliphatic heterocycles. The van der Waals surface area contributed by atoms with Gasteiger partial charge in [0.25, 0.3) is 11.8 Å². The third-order valence-corrected chi connectivity index (χ3v) is 11.9. The number of nitrogens with one attached hydrogen (secondary N) is 7. The highest BCUT2D eigenvalue weighted by molar-refractivity contribution is 5.98. The number of fused-ring (bicyclic) bond motifs is 1. The van der Waals surface area contributed by atoms with E-state index < -0.39 is 95.6 Å². The van der Waals surface area contributed by atoms with Crippen molar-refractivity contribution in [3.05, 3.63) is 65.0 Å². The number of amides is 8. The number of carbonyl (C=O) groups is 8. The van der Waals surface area contributed by atoms with Crippen molar-refractivity contribution < 1.29 is 38.4 Å². The Balaban J connectivity index is 1.29. The third kappa shape index (κ3) is 11.6. The first-order valence-corrected chi connectivity index (χ1v) is 21.3. The quantitative estimate of drug-likeness (QED) is 0.0839. The van der Waals surface area contributed by atoms with E-state index in [0.717, 1.165) is 24.0 Å². The topological polar surface area (TPSA) is 266 Å². The maximum atomic E-state index is 14.2. The summed E-state index contributed by atoms with van der Waals surface area (Å²) in [6.45, 7) is 3.00. The lowest BCUT2D eigenvalue weighted by atomic mass is 9.87. The number of carbonyl (C=O) groups excluding carboxylic acids is 8. The molecule has 19 nitrogen and oxygen atoms in total. The fourth-order valence-electron chi connectivity index (χ4n) is 8.16. The smallest absolute Gasteiger partial charge is 0.270 e. The van der Waals surface area contributed by atoms with Crippen molar-refractivity contribution >= 4 is 47.3 Å². The average molecular weight is 880 g/mol. The van der Waals surface area contributed by atoms with Gasteiger partial charge in [0, 0.05) is 38.0 Å². The Morgan fingerprint density at radius 1 is 0.734 bits per heavy atom. The summed E-state index contributed by atoms with van der Waals surface area (Å²) >= 11 is 0. The van der Waals surface area contributed by atoms with Crippen molar-refractivity contribution in [2.45, 2.75) is 113 Å². The largest absolute Gasteiger partial charge is 0.368 e. The normalized spacial score (nSPS) is 21.9. The second-order valence-electron chi connectivity index (χ2n) is 16.2. The molecule has 3 aliphatic rings. The van der Waals surface area contributed by atoms with Gasteiger partial charge in [0.15, 0.2) is 0 Å². The number of likely N-dealkylation sites (N-methyl/N-ethyl adjacent to an activating group) is 2. The summed E-state index contributed by atoms with van der Waals surface area (Å²) in [5.74, 6) is -0.00714. The lowest BCUT2D eigenvalue weighted by Crippen LogP contribution is -2.55. The minimum atomic E-state index is -1.15. The molecular weight excluding hydrogens is 823 g/mol. The Bertz CT molecular complexity index is 2200. The monoisotopic (exact) mass is 879 g/mol. The van der Waals surface area contributed by atoms with Crippen molar-refractivity contribution in [3.8, 4) is 24.7 Å². The fourth-order valence-corrected chi connectivity index (χ4v) is 8.16. The Hall–Kier alpha value is -6.83. The zero-order chi connectivity index (χ0) is 46.7. The minimum Gasteiger partial charge on any atom is -0.368 e. The molecule has 2 aromatic rings. The van der Waals surface area contributed by atoms with Crippen LogP contribution >= 0.6 is 0 Å². The number of aromatic nitrogens is 1. The summed E-state index contributed by atoms with van der Waals surface area (Å²) in [6.07, 6.45) is 13.2. The Morgan fingerprint density at radius 2 is 1.23 bits per heavy atom. The van der Waals surface area contributed by atoms with E-state index >= 15 is 0 Å². The van der Waals surface area contributed by atoms with E-state index in [0.29, 0.717) is 6.42 Å². The molecule has 340 valence electrons. The van der Waals surface area contributed by atoms with Gasteiger partial charge in [0.2, 0.25) is 35.4 Å². The van der Waals surface area contributed by atoms with Gasteiger partial charge in [0.05, 0.1) is 18.1 Å². The van der Waals surface area contributed by atoms with E-state index in [2.05, 4.69) is 54.0 Å². The lowest BCUT2D eigenvalue weighted by Gasteiger charge is -2.31. The van der Waals surface area contributed by atoms with Crippen molar-refractivity contribution in [2.24, 2.45) is 5.73 Å². The predicted octanol–water partition coefficient (Wildman–Crippen LogP) is -1.61. The molecular formula is C45H57N11O8. The molecule has 1 aliphatic carbocycles. The number of rotatable bonds is 17. The van der Waals surface area contributed by atoms with E-state index in [9.17, 15) is 38.4 Å². The van der Waals surface area contributed by atoms with Crippen molar-refractivity contribution in [3.63, 3.8) is 0 Å². The van der Waals surface area contributed by atoms with Gasteiger partial charge >= 0.3 is 0 Å². The standard InChI is InChI=1S/C45H57N11O8/c1-7-13-34(53-39(58)25(3)47-5)44(63)55-23-28(21-36(55)38(46)57)49-41(60)32-19-12-20-33(51-32)42(61)50-29-22-37(43(62)52-31-18-11-16-27-15-9-10-17-30(27)31)56(24-29)45(64)35(14-8-2)54-40(59)26(4)48-6/h1-2,9-10,12,15,17,19-20,25-26,28-29,31,34-37,47-48H,11,13-14,16,18,21-24H2,3-6H3,(H2,46,57)(H,49,60)(H,50,61)(H,52,62)(H,53,58)(H,54,59)/t25?,26-,28?,29-,31?,34-,35?,36?,37-/m0/s1. The molecule has 0 radical (unpaired) electrons. The molecule has 0 bridgehead atoms. The Morgan fingerprint density at radius 3 is 1.73 bits per heavy atom. The highest BCUT2D eigenvalue weighted by Gasteiger charge is 2.44. The Kier molecular flexibility index (Phi) is 16.6. The van der Waals surface area contributed by atoms with Gasteiger partial charge in [0.1, 0.15) is 35.6 Å². The summed E-state index contributed by atoms with van der Waals surface area (Å²) < 4.78 is 0. The maximum absolute atomic E-state index is 14.2. The molecule has 5 rings (SSSR count). The molecule has 1 aromatic carbocycles. The number of aryl methyl sites for hydroxylation is 1. The molecule has 2 fully saturated rings. The molecule has 1 aromatic heterocycles. The van der Waals surface area contributed by atoms with Crippen LogP contribution in [0, 0.1) is 24.7 Å². The number of likely N-dealkylation sites (tertiary alicyclic amines) is 2. The van der Waals surface area contributed by atoms with E-state index in [4.69, 9.17) is 18.6 Å². The highest BCUT2D eigenvalue weighted by Crippen LogP contribution is 2.31. The SMILES string of the molecule is C#CCC(NC(=O)[C@H](C)NC)C(=O)N1C[C@@H](NC(=O)c2cccc(C(=O)NC3CC(C(N)=O)N(C(=O)[C@H](CC#C)NC(=O)C(C)NC)C3)n2)C[C@H]1C(=O)NC1CCCc2ccccc21. The van der Waals surface area contributed by atoms with Gasteiger partial charge in [-0.2, -0.15) is 0 Å². The molecule has 8 amide bonds. The van der Waals surface area contributed by atoms with E-state index in [1.165, 1.54) is 28.0 Å². The van der Waals surface area contributed by atoms with Gasteiger partial charge in [-0.05, 0) is 83.3 Å². The Labute approximate surface area is 372 Å². The summed E-state index contributed by atoms with van der Waals surface area (Å²) in [4.78, 5) is 114. The number of nitrogens with zero attached hydrogens (tertiary/aromatic N) is 3. The van der Waals surface area contributed by atoms with Crippen LogP contribution in [0.1, 0.15) is 90.5 Å². The van der Waals surface area contributed by atoms with Crippen LogP contribution in [0.5, 0.6) is 0 Å². The predicted molar refractivity (Wildman–Crippen MR) is 234 cm³/mol. The van der Waals surface area contributed by atoms with Crippen LogP contribution in [0.4, 0.5) is 0 Å². The van der Waals surface area contributed by atoms with Crippen LogP contribution in [0.3, 0.4) is 0 Å². The number of benzene rings is 1. The zero-order valence-electron chi connectivity index (χ0n) is 36.4. The van der Waals surface area contributed by atoms with Gasteiger partial charge < -0.3 is 52.8 Å². The van der Waals surface area contributed by atoms with E-state index in [-0.39, 0.29) is 56.2 Å². The molecule has 3 heterocycles. The maximum Gasteiger partial charge on any atom is 0.270 e. The lowest BCUT2D eigenvalue weighted by molar-refractivity contribution is -0.141. The molecule has 64 heavy (non-hydrogen) atoms. The number of hydrogen-bond donors (Lipinski definition) is 8. The molecule has 9 N–H and O–H groups in total. The number of nitrogens with two attached hydrogens (primary N) is 1. The molecule has 0 spiro atoms. The summed E-state index contributed by atoms with van der Waals surface area (Å²) in [6, 6.07) is 4.56. The van der Waals surface area contributed by atoms with E-state index in [1.54, 1.807) is 27.9 Å². The number of terminal acetylenes is 2. The second kappa shape index (κ2) is 22.0. The van der Waals surface area contributed by atoms with Gasteiger partial charge in [-0.15, -0.1) is 24.7 Å². The molecule has 9 atom stereocenters. The molecule has 19 heteroatoms. The van der Waals surface area contributed by atoms with Gasteiger partial charge in [-0.1, -0.05) is 30.3 Å². The number of pyridine rings is 1. The summed E-state index contributed by atoms with van der Waals surface area (Å²) in [7, 11) is 3.17. The second-order valence-corrected chi connectivity index (χ2v) is 16.2. The average Bonchev–Trinajstić information content (AvgIpc) is 3.92. The highest BCUT2D eigenvalue weighted by atomic mass is 16.2. The third-order valence-electron chi connectivity index (χ3n) is 11.9. The first-order valence-electron chi connectivity index (χ1n) is 21.3. The molecule has 5 unspecified atom stereocenters. The van der Waals surface area contributed by atoms with Crippen LogP contribution < -0.4 is 43.0 Å². The van der Waals surface area contributed by atoms with Crippen LogP contribution in [-0.2, 0) is 35.2 Å². The van der Waals surface area contributed by atoms with Gasteiger partial charge in [-0.25, -0.2) is 4.98 Å². The van der Waals surface area contributed by atoms with Gasteiger partial charge in [-0.3, -0.25) is 38.4 Å². The minimum absolute atomic E-state index is 0.0276. The zero-order valence-corrected chi connectivity index (χ0v) is 36.4. The first kappa shape index (κ1) is 48.2. The van der Waals surface area contributed by atoms with Crippen molar-refractivity contribution in [1.29, 1.82) is 0 Å². The van der Waals surface area contributed by atoms with E-state index in [1.807, 2.05) is 24.3 Å². The molecule has 0 saturated carbocycles. The van der Waals surface area contributed by atoms with Crippen LogP contribution in [-0.4, -0.2) is 138 Å². The summed E-state index contributed by atoms with van der Waals surface area (Å²) in [5.41, 5.74) is 7.49. The van der Waals surface area contributed by atoms with Crippen molar-refractivity contribution in [1.82, 2.24) is 52.0 Å². The van der Waals surface area contributed by atoms with Crippen LogP contribution in [0.25, 0.3) is 0 Å². The summed E-state index contributed by atoms with van der Waals surface area (Å²) in [5, 5.41) is 19.6. The number of hydrogen-bond acceptors (Lipinski definition) is 11.